The van der Waals surface area contributed by atoms with Gasteiger partial charge in [0.1, 0.15) is 22.9 Å². The third-order valence-corrected chi connectivity index (χ3v) is 8.95. The van der Waals surface area contributed by atoms with E-state index in [2.05, 4.69) is 139 Å². The molecule has 0 amide bonds. The van der Waals surface area contributed by atoms with Crippen LogP contribution < -0.4 is 5.32 Å². The number of furan rings is 2. The van der Waals surface area contributed by atoms with Crippen molar-refractivity contribution in [3.8, 4) is 11.1 Å². The first-order chi connectivity index (χ1) is 26.7. The maximum absolute atomic E-state index is 6.17. The number of benzene rings is 3. The fourth-order valence-electron chi connectivity index (χ4n) is 6.48. The molecule has 3 aromatic carbocycles. The van der Waals surface area contributed by atoms with E-state index >= 15 is 0 Å². The topological polar surface area (TPSA) is 38.3 Å². The molecule has 3 aliphatic rings. The number of rotatable bonds is 9. The lowest BCUT2D eigenvalue weighted by atomic mass is 9.99. The monoisotopic (exact) mass is 709 g/mol. The first-order valence-electron chi connectivity index (χ1n) is 19.2. The highest BCUT2D eigenvalue weighted by molar-refractivity contribution is 5.98. The van der Waals surface area contributed by atoms with E-state index in [1.807, 2.05) is 58.1 Å². The van der Waals surface area contributed by atoms with Gasteiger partial charge >= 0.3 is 0 Å². The fourth-order valence-corrected chi connectivity index (χ4v) is 6.48. The van der Waals surface area contributed by atoms with Crippen LogP contribution in [0.15, 0.2) is 167 Å². The minimum Gasteiger partial charge on any atom is -0.464 e. The molecule has 0 saturated heterocycles. The predicted molar refractivity (Wildman–Crippen MR) is 233 cm³/mol. The summed E-state index contributed by atoms with van der Waals surface area (Å²) in [4.78, 5) is 0. The Kier molecular flexibility index (Phi) is 14.5. The Morgan fingerprint density at radius 2 is 1.52 bits per heavy atom. The van der Waals surface area contributed by atoms with Crippen LogP contribution in [0.1, 0.15) is 80.1 Å². The summed E-state index contributed by atoms with van der Waals surface area (Å²) in [6, 6.07) is 25.1. The van der Waals surface area contributed by atoms with Gasteiger partial charge in [0, 0.05) is 58.2 Å². The summed E-state index contributed by atoms with van der Waals surface area (Å²) in [5.41, 5.74) is 17.3. The van der Waals surface area contributed by atoms with Gasteiger partial charge < -0.3 is 14.2 Å². The molecule has 0 radical (unpaired) electrons. The van der Waals surface area contributed by atoms with Crippen LogP contribution in [0, 0.1) is 0 Å². The molecule has 0 spiro atoms. The van der Waals surface area contributed by atoms with E-state index in [0.717, 1.165) is 76.6 Å². The highest BCUT2D eigenvalue weighted by Crippen LogP contribution is 2.36. The predicted octanol–water partition coefficient (Wildman–Crippen LogP) is 14.5. The Hall–Kier alpha value is -6.24. The molecule has 2 aromatic heterocycles. The summed E-state index contributed by atoms with van der Waals surface area (Å²) in [5, 5.41) is 4.59. The maximum atomic E-state index is 6.17. The molecule has 3 heteroatoms. The van der Waals surface area contributed by atoms with Crippen LogP contribution in [-0.2, 0) is 19.3 Å². The maximum Gasteiger partial charge on any atom is 0.143 e. The van der Waals surface area contributed by atoms with Crippen LogP contribution in [0.4, 0.5) is 5.69 Å². The Morgan fingerprint density at radius 3 is 2.20 bits per heavy atom. The lowest BCUT2D eigenvalue weighted by Gasteiger charge is -2.07. The molecule has 0 aliphatic heterocycles. The van der Waals surface area contributed by atoms with Gasteiger partial charge in [-0.05, 0) is 60.4 Å². The zero-order valence-corrected chi connectivity index (χ0v) is 32.1. The first-order valence-corrected chi connectivity index (χ1v) is 19.2. The highest BCUT2D eigenvalue weighted by atomic mass is 16.3. The number of aryl methyl sites for hydroxylation is 2. The first kappa shape index (κ1) is 39.0. The van der Waals surface area contributed by atoms with E-state index in [4.69, 9.17) is 8.83 Å². The number of anilines is 1. The minimum atomic E-state index is 0.692. The van der Waals surface area contributed by atoms with Crippen molar-refractivity contribution in [3.05, 3.63) is 197 Å². The molecule has 8 rings (SSSR count). The van der Waals surface area contributed by atoms with Crippen molar-refractivity contribution >= 4 is 40.5 Å². The number of nitrogens with one attached hydrogen (secondary N) is 1. The molecule has 272 valence electrons. The van der Waals surface area contributed by atoms with Gasteiger partial charge in [0.15, 0.2) is 0 Å². The molecule has 0 atom stereocenters. The summed E-state index contributed by atoms with van der Waals surface area (Å²) in [6.07, 6.45) is 29.4. The lowest BCUT2D eigenvalue weighted by molar-refractivity contribution is 0.472. The van der Waals surface area contributed by atoms with E-state index in [1.54, 1.807) is 6.08 Å². The average Bonchev–Trinajstić information content (AvgIpc) is 4.00. The van der Waals surface area contributed by atoms with Crippen LogP contribution in [0.25, 0.3) is 45.9 Å². The Morgan fingerprint density at radius 1 is 0.815 bits per heavy atom. The number of para-hydroxylation sites is 1. The molecule has 54 heavy (non-hydrogen) atoms. The summed E-state index contributed by atoms with van der Waals surface area (Å²) in [5.74, 6) is 3.15. The molecule has 0 saturated carbocycles. The fraction of sp³-hybridized carbons (Fsp3) is 0.176. The quantitative estimate of drug-likeness (QED) is 0.122. The van der Waals surface area contributed by atoms with Crippen molar-refractivity contribution in [2.45, 2.75) is 59.8 Å². The third-order valence-electron chi connectivity index (χ3n) is 8.95. The van der Waals surface area contributed by atoms with Gasteiger partial charge in [0.25, 0.3) is 0 Å². The minimum absolute atomic E-state index is 0.692. The summed E-state index contributed by atoms with van der Waals surface area (Å²) >= 11 is 0. The zero-order valence-electron chi connectivity index (χ0n) is 32.1. The van der Waals surface area contributed by atoms with Gasteiger partial charge in [-0.1, -0.05) is 150 Å². The van der Waals surface area contributed by atoms with E-state index < -0.39 is 0 Å². The van der Waals surface area contributed by atoms with Gasteiger partial charge in [-0.3, -0.25) is 0 Å². The number of hydrogen-bond acceptors (Lipinski definition) is 3. The van der Waals surface area contributed by atoms with Crippen LogP contribution in [0.3, 0.4) is 0 Å². The van der Waals surface area contributed by atoms with Crippen molar-refractivity contribution in [1.29, 1.82) is 0 Å². The molecule has 5 aromatic rings. The second-order valence-corrected chi connectivity index (χ2v) is 12.2. The summed E-state index contributed by atoms with van der Waals surface area (Å²) < 4.78 is 12.2. The molecule has 0 fully saturated rings. The molecule has 1 N–H and O–H groups in total. The molecule has 3 aliphatic carbocycles. The largest absolute Gasteiger partial charge is 0.464 e. The Balaban J connectivity index is 0.000000214. The molecule has 3 nitrogen and oxygen atoms in total. The highest BCUT2D eigenvalue weighted by Gasteiger charge is 2.18. The van der Waals surface area contributed by atoms with Gasteiger partial charge in [-0.15, -0.1) is 11.5 Å². The standard InChI is InChI=1S/C30H27NO.C17H12O.2C2H6/c1-3-5-15-27-28-16-9-10-17-29(28)32-30(27)18-11-14-25(4-2)31-26-21-19-24(20-22-26)23-12-7-6-8-13-23;1-2-7-12(6-1)13-9-5-10-15-14-8-3-4-11-16(14)18-17(13)15;2*1-2/h3,5-9,11-16,19-22,31H,1-2,10,17-18H2;1-3,5-6,8-10H,4,11H2;2*1-2H3/b14-11-,15-5-;;;. The molecular formula is C51H51NO2. The van der Waals surface area contributed by atoms with Crippen molar-refractivity contribution in [2.75, 3.05) is 5.32 Å². The van der Waals surface area contributed by atoms with Gasteiger partial charge in [-0.2, -0.15) is 0 Å². The lowest BCUT2D eigenvalue weighted by Crippen LogP contribution is -1.95. The number of fused-ring (bicyclic) bond motifs is 4. The second kappa shape index (κ2) is 20.1. The van der Waals surface area contributed by atoms with Crippen molar-refractivity contribution in [1.82, 2.24) is 0 Å². The Bertz CT molecular complexity index is 2300. The Labute approximate surface area is 321 Å². The van der Waals surface area contributed by atoms with Gasteiger partial charge in [-0.25, -0.2) is 0 Å². The van der Waals surface area contributed by atoms with E-state index in [9.17, 15) is 0 Å². The second-order valence-electron chi connectivity index (χ2n) is 12.2. The normalized spacial score (nSPS) is 13.1. The summed E-state index contributed by atoms with van der Waals surface area (Å²) in [7, 11) is 0. The van der Waals surface area contributed by atoms with Crippen molar-refractivity contribution in [2.24, 2.45) is 0 Å². The van der Waals surface area contributed by atoms with Crippen molar-refractivity contribution in [3.63, 3.8) is 0 Å². The molecular weight excluding hydrogens is 659 g/mol. The third kappa shape index (κ3) is 9.40. The van der Waals surface area contributed by atoms with Gasteiger partial charge in [0.05, 0.1) is 5.70 Å². The number of allylic oxidation sites excluding steroid dienone is 9. The van der Waals surface area contributed by atoms with E-state index in [-0.39, 0.29) is 0 Å². The number of hydrogen-bond donors (Lipinski definition) is 1. The SMILES string of the molecule is C1=CC=CC=1c1cccc2c3c(oc12)CCC=C3.C=C=C(/C=C\Cc1oc2c(c1/C=C\C=C)C=CCC2)Nc1ccc(-c2ccccc2)cc1.CC.CC. The van der Waals surface area contributed by atoms with Crippen LogP contribution in [0.5, 0.6) is 0 Å². The van der Waals surface area contributed by atoms with E-state index in [0.29, 0.717) is 6.42 Å². The van der Waals surface area contributed by atoms with Crippen molar-refractivity contribution < 1.29 is 8.83 Å². The zero-order chi connectivity index (χ0) is 38.1. The van der Waals surface area contributed by atoms with Gasteiger partial charge in [0.2, 0.25) is 0 Å². The van der Waals surface area contributed by atoms with Crippen LogP contribution in [0.2, 0.25) is 0 Å². The average molecular weight is 710 g/mol. The van der Waals surface area contributed by atoms with Crippen LogP contribution in [-0.4, -0.2) is 0 Å². The van der Waals surface area contributed by atoms with E-state index in [1.165, 1.54) is 27.6 Å². The smallest absolute Gasteiger partial charge is 0.143 e. The molecule has 2 heterocycles. The molecule has 0 bridgehead atoms. The summed E-state index contributed by atoms with van der Waals surface area (Å²) in [6.45, 7) is 15.6. The van der Waals surface area contributed by atoms with Crippen LogP contribution >= 0.6 is 0 Å². The molecule has 0 unspecified atom stereocenters.